The first-order valence-electron chi connectivity index (χ1n) is 3.71. The highest BCUT2D eigenvalue weighted by atomic mass is 35.5. The lowest BCUT2D eigenvalue weighted by molar-refractivity contribution is -0.383. The van der Waals surface area contributed by atoms with Gasteiger partial charge in [-0.1, -0.05) is 11.6 Å². The number of halogens is 1. The molecular formula is C7H5ClN4O2. The summed E-state index contributed by atoms with van der Waals surface area (Å²) in [6, 6.07) is 0. The molecule has 0 aliphatic rings. The van der Waals surface area contributed by atoms with Crippen molar-refractivity contribution in [2.45, 2.75) is 0 Å². The molecule has 0 bridgehead atoms. The molecule has 0 saturated carbocycles. The van der Waals surface area contributed by atoms with E-state index in [9.17, 15) is 10.1 Å². The van der Waals surface area contributed by atoms with E-state index in [-0.39, 0.29) is 16.4 Å². The largest absolute Gasteiger partial charge is 0.340 e. The minimum atomic E-state index is -0.494. The van der Waals surface area contributed by atoms with Gasteiger partial charge in [-0.2, -0.15) is 0 Å². The molecule has 2 rings (SSSR count). The third-order valence-electron chi connectivity index (χ3n) is 1.89. The van der Waals surface area contributed by atoms with Crippen molar-refractivity contribution >= 4 is 28.3 Å². The molecule has 0 fully saturated rings. The van der Waals surface area contributed by atoms with Crippen LogP contribution in [-0.2, 0) is 7.05 Å². The van der Waals surface area contributed by atoms with Crippen LogP contribution in [0.1, 0.15) is 0 Å². The minimum absolute atomic E-state index is 0.0631. The molecule has 72 valence electrons. The minimum Gasteiger partial charge on any atom is -0.340 e. The fraction of sp³-hybridized carbons (Fsp3) is 0.143. The summed E-state index contributed by atoms with van der Waals surface area (Å²) in [6.45, 7) is 0. The lowest BCUT2D eigenvalue weighted by Crippen LogP contribution is -1.88. The van der Waals surface area contributed by atoms with Gasteiger partial charge in [-0.25, -0.2) is 9.97 Å². The Balaban J connectivity index is 2.91. The molecule has 7 heteroatoms. The molecule has 14 heavy (non-hydrogen) atoms. The first-order chi connectivity index (χ1) is 6.61. The normalized spacial score (nSPS) is 10.7. The zero-order chi connectivity index (χ0) is 10.3. The number of aryl methyl sites for hydroxylation is 1. The van der Waals surface area contributed by atoms with Crippen LogP contribution in [0.3, 0.4) is 0 Å². The molecule has 0 aromatic carbocycles. The third-order valence-corrected chi connectivity index (χ3v) is 2.16. The second-order valence-corrected chi connectivity index (χ2v) is 3.10. The van der Waals surface area contributed by atoms with Gasteiger partial charge in [0.15, 0.2) is 10.7 Å². The van der Waals surface area contributed by atoms with Gasteiger partial charge in [-0.3, -0.25) is 10.1 Å². The second kappa shape index (κ2) is 2.91. The highest BCUT2D eigenvalue weighted by Gasteiger charge is 2.19. The van der Waals surface area contributed by atoms with E-state index >= 15 is 0 Å². The molecule has 0 spiro atoms. The number of hydrogen-bond acceptors (Lipinski definition) is 4. The predicted molar refractivity (Wildman–Crippen MR) is 50.2 cm³/mol. The van der Waals surface area contributed by atoms with Crippen molar-refractivity contribution in [2.24, 2.45) is 7.05 Å². The summed E-state index contributed by atoms with van der Waals surface area (Å²) in [7, 11) is 1.66. The predicted octanol–water partition coefficient (Wildman–Crippen LogP) is 1.53. The summed E-state index contributed by atoms with van der Waals surface area (Å²) in [5.41, 5.74) is 0.671. The van der Waals surface area contributed by atoms with Crippen LogP contribution in [0.25, 0.3) is 11.0 Å². The standard InChI is InChI=1S/C7H5ClN4O2/c1-11-2-4(12(13)14)5-6(11)7(8)10-3-9-5/h2-3H,1H3. The number of nitrogens with zero attached hydrogens (tertiary/aromatic N) is 4. The Bertz CT molecular complexity index is 522. The number of nitro groups is 1. The quantitative estimate of drug-likeness (QED) is 0.408. The molecule has 2 aromatic heterocycles. The molecule has 0 saturated heterocycles. The highest BCUT2D eigenvalue weighted by molar-refractivity contribution is 6.33. The molecule has 2 aromatic rings. The van der Waals surface area contributed by atoms with Gasteiger partial charge in [0, 0.05) is 7.05 Å². The Kier molecular flexibility index (Phi) is 1.85. The lowest BCUT2D eigenvalue weighted by Gasteiger charge is -1.94. The summed E-state index contributed by atoms with van der Waals surface area (Å²) in [5.74, 6) is 0. The van der Waals surface area contributed by atoms with Gasteiger partial charge in [0.2, 0.25) is 0 Å². The van der Waals surface area contributed by atoms with E-state index in [0.29, 0.717) is 5.52 Å². The average molecular weight is 213 g/mol. The van der Waals surface area contributed by atoms with Gasteiger partial charge < -0.3 is 4.57 Å². The van der Waals surface area contributed by atoms with Crippen LogP contribution < -0.4 is 0 Å². The van der Waals surface area contributed by atoms with Crippen molar-refractivity contribution in [1.82, 2.24) is 14.5 Å². The fourth-order valence-corrected chi connectivity index (χ4v) is 1.57. The number of fused-ring (bicyclic) bond motifs is 1. The summed E-state index contributed by atoms with van der Waals surface area (Å²) in [4.78, 5) is 17.7. The van der Waals surface area contributed by atoms with Crippen molar-refractivity contribution in [3.63, 3.8) is 0 Å². The molecule has 0 unspecified atom stereocenters. The number of aromatic nitrogens is 3. The van der Waals surface area contributed by atoms with Gasteiger partial charge in [0.05, 0.1) is 11.1 Å². The van der Waals surface area contributed by atoms with Crippen molar-refractivity contribution in [3.05, 3.63) is 27.8 Å². The van der Waals surface area contributed by atoms with Crippen LogP contribution in [0.2, 0.25) is 5.15 Å². The topological polar surface area (TPSA) is 73.8 Å². The number of rotatable bonds is 1. The van der Waals surface area contributed by atoms with E-state index in [1.807, 2.05) is 0 Å². The van der Waals surface area contributed by atoms with Gasteiger partial charge >= 0.3 is 5.69 Å². The van der Waals surface area contributed by atoms with E-state index in [1.54, 1.807) is 7.05 Å². The number of hydrogen-bond donors (Lipinski definition) is 0. The summed E-state index contributed by atoms with van der Waals surface area (Å²) >= 11 is 5.79. The molecule has 0 radical (unpaired) electrons. The average Bonchev–Trinajstić information content (AvgIpc) is 2.45. The Morgan fingerprint density at radius 1 is 1.57 bits per heavy atom. The molecule has 0 atom stereocenters. The molecule has 0 aliphatic carbocycles. The maximum atomic E-state index is 10.6. The Hall–Kier alpha value is -1.69. The fourth-order valence-electron chi connectivity index (χ4n) is 1.30. The summed E-state index contributed by atoms with van der Waals surface area (Å²) < 4.78 is 1.54. The summed E-state index contributed by atoms with van der Waals surface area (Å²) in [6.07, 6.45) is 2.57. The maximum Gasteiger partial charge on any atom is 0.313 e. The van der Waals surface area contributed by atoms with Crippen LogP contribution in [0.5, 0.6) is 0 Å². The van der Waals surface area contributed by atoms with Gasteiger partial charge in [-0.05, 0) is 0 Å². The monoisotopic (exact) mass is 212 g/mol. The first kappa shape index (κ1) is 8.89. The third kappa shape index (κ3) is 1.12. The SMILES string of the molecule is Cn1cc([N+](=O)[O-])c2ncnc(Cl)c21. The van der Waals surface area contributed by atoms with Gasteiger partial charge in [0.25, 0.3) is 0 Å². The van der Waals surface area contributed by atoms with Crippen LogP contribution in [-0.4, -0.2) is 19.5 Å². The van der Waals surface area contributed by atoms with Gasteiger partial charge in [0.1, 0.15) is 11.8 Å². The lowest BCUT2D eigenvalue weighted by atomic mass is 10.4. The molecule has 0 amide bonds. The molecule has 0 N–H and O–H groups in total. The van der Waals surface area contributed by atoms with E-state index in [1.165, 1.54) is 17.1 Å². The van der Waals surface area contributed by atoms with E-state index in [0.717, 1.165) is 0 Å². The van der Waals surface area contributed by atoms with E-state index in [4.69, 9.17) is 11.6 Å². The van der Waals surface area contributed by atoms with Crippen molar-refractivity contribution in [1.29, 1.82) is 0 Å². The van der Waals surface area contributed by atoms with Crippen LogP contribution in [0, 0.1) is 10.1 Å². The Labute approximate surface area is 83.3 Å². The highest BCUT2D eigenvalue weighted by Crippen LogP contribution is 2.28. The van der Waals surface area contributed by atoms with E-state index in [2.05, 4.69) is 9.97 Å². The molecule has 6 nitrogen and oxygen atoms in total. The van der Waals surface area contributed by atoms with Crippen LogP contribution >= 0.6 is 11.6 Å². The van der Waals surface area contributed by atoms with Gasteiger partial charge in [-0.15, -0.1) is 0 Å². The van der Waals surface area contributed by atoms with Crippen molar-refractivity contribution < 1.29 is 4.92 Å². The molecule has 0 aliphatic heterocycles. The molecule has 2 heterocycles. The maximum absolute atomic E-state index is 10.6. The zero-order valence-corrected chi connectivity index (χ0v) is 7.89. The molecular weight excluding hydrogens is 208 g/mol. The van der Waals surface area contributed by atoms with Crippen molar-refractivity contribution in [2.75, 3.05) is 0 Å². The first-order valence-corrected chi connectivity index (χ1v) is 4.09. The van der Waals surface area contributed by atoms with Crippen molar-refractivity contribution in [3.8, 4) is 0 Å². The Morgan fingerprint density at radius 2 is 2.29 bits per heavy atom. The Morgan fingerprint density at radius 3 is 2.93 bits per heavy atom. The van der Waals surface area contributed by atoms with E-state index < -0.39 is 4.92 Å². The second-order valence-electron chi connectivity index (χ2n) is 2.74. The van der Waals surface area contributed by atoms with Crippen LogP contribution in [0.15, 0.2) is 12.5 Å². The smallest absolute Gasteiger partial charge is 0.313 e. The zero-order valence-electron chi connectivity index (χ0n) is 7.14. The summed E-state index contributed by atoms with van der Waals surface area (Å²) in [5, 5.41) is 10.8. The van der Waals surface area contributed by atoms with Crippen LogP contribution in [0.4, 0.5) is 5.69 Å².